The van der Waals surface area contributed by atoms with Crippen LogP contribution in [0, 0.1) is 11.6 Å². The molecule has 4 rings (SSSR count). The second-order valence-electron chi connectivity index (χ2n) is 8.03. The van der Waals surface area contributed by atoms with E-state index in [0.29, 0.717) is 31.0 Å². The Morgan fingerprint density at radius 2 is 1.90 bits per heavy atom. The highest BCUT2D eigenvalue weighted by Crippen LogP contribution is 2.39. The molecule has 30 heavy (non-hydrogen) atoms. The molecule has 0 N–H and O–H groups in total. The molecule has 2 aliphatic heterocycles. The molecule has 0 saturated carbocycles. The minimum atomic E-state index is -1.07. The van der Waals surface area contributed by atoms with Crippen molar-refractivity contribution in [3.05, 3.63) is 28.3 Å². The average molecular weight is 439 g/mol. The maximum absolute atomic E-state index is 15.1. The van der Waals surface area contributed by atoms with Gasteiger partial charge < -0.3 is 19.1 Å². The molecule has 3 atom stereocenters. The fourth-order valence-electron chi connectivity index (χ4n) is 3.85. The van der Waals surface area contributed by atoms with Crippen molar-refractivity contribution < 1.29 is 27.8 Å². The number of aromatic nitrogens is 2. The van der Waals surface area contributed by atoms with Crippen molar-refractivity contribution in [3.63, 3.8) is 0 Å². The Hall–Kier alpha value is -2.01. The van der Waals surface area contributed by atoms with Gasteiger partial charge in [-0.2, -0.15) is 0 Å². The number of hydrogen-bond donors (Lipinski definition) is 0. The fourth-order valence-corrected chi connectivity index (χ4v) is 4.71. The van der Waals surface area contributed by atoms with E-state index in [1.165, 1.54) is 6.07 Å². The van der Waals surface area contributed by atoms with Crippen LogP contribution in [0.1, 0.15) is 49.2 Å². The van der Waals surface area contributed by atoms with E-state index in [0.717, 1.165) is 11.3 Å². The van der Waals surface area contributed by atoms with Gasteiger partial charge in [0.15, 0.2) is 28.7 Å². The molecule has 10 heteroatoms. The Kier molecular flexibility index (Phi) is 5.60. The van der Waals surface area contributed by atoms with Gasteiger partial charge in [0.25, 0.3) is 0 Å². The van der Waals surface area contributed by atoms with Gasteiger partial charge >= 0.3 is 0 Å². The molecule has 7 nitrogen and oxygen atoms in total. The molecule has 1 aromatic heterocycles. The summed E-state index contributed by atoms with van der Waals surface area (Å²) in [6.45, 7) is 8.29. The SMILES string of the molecule is CC1CN(c2c(C=O)cc(-c3nnc([C@@H]4COC(C)(C)O4)s3)c(F)c2F)CC(C)O1. The van der Waals surface area contributed by atoms with Crippen LogP contribution >= 0.6 is 11.3 Å². The van der Waals surface area contributed by atoms with Crippen molar-refractivity contribution in [3.8, 4) is 10.6 Å². The summed E-state index contributed by atoms with van der Waals surface area (Å²) in [5.74, 6) is -2.88. The molecule has 0 radical (unpaired) electrons. The van der Waals surface area contributed by atoms with Crippen LogP contribution in [0.2, 0.25) is 0 Å². The molecular weight excluding hydrogens is 416 g/mol. The number of carbonyl (C=O) groups excluding carboxylic acids is 1. The minimum Gasteiger partial charge on any atom is -0.372 e. The molecule has 0 aliphatic carbocycles. The van der Waals surface area contributed by atoms with Crippen LogP contribution in [0.4, 0.5) is 14.5 Å². The molecule has 162 valence electrons. The zero-order chi connectivity index (χ0) is 21.6. The molecule has 2 aliphatic rings. The number of aldehydes is 1. The summed E-state index contributed by atoms with van der Waals surface area (Å²) in [6.07, 6.45) is -0.233. The van der Waals surface area contributed by atoms with Crippen molar-refractivity contribution >= 4 is 23.3 Å². The monoisotopic (exact) mass is 439 g/mol. The van der Waals surface area contributed by atoms with Gasteiger partial charge in [-0.05, 0) is 33.8 Å². The Labute approximate surface area is 176 Å². The van der Waals surface area contributed by atoms with E-state index in [-0.39, 0.29) is 34.0 Å². The smallest absolute Gasteiger partial charge is 0.183 e. The first-order valence-electron chi connectivity index (χ1n) is 9.71. The predicted molar refractivity (Wildman–Crippen MR) is 107 cm³/mol. The average Bonchev–Trinajstić information content (AvgIpc) is 3.29. The van der Waals surface area contributed by atoms with Gasteiger partial charge in [0.05, 0.1) is 30.1 Å². The van der Waals surface area contributed by atoms with Crippen LogP contribution < -0.4 is 4.90 Å². The molecule has 0 amide bonds. The van der Waals surface area contributed by atoms with Crippen molar-refractivity contribution in [2.45, 2.75) is 51.8 Å². The van der Waals surface area contributed by atoms with Gasteiger partial charge in [-0.25, -0.2) is 8.78 Å². The van der Waals surface area contributed by atoms with Gasteiger partial charge in [-0.15, -0.1) is 10.2 Å². The molecule has 2 fully saturated rings. The summed E-state index contributed by atoms with van der Waals surface area (Å²) < 4.78 is 47.1. The first-order chi connectivity index (χ1) is 14.2. The van der Waals surface area contributed by atoms with Crippen LogP contribution in [0.5, 0.6) is 0 Å². The summed E-state index contributed by atoms with van der Waals surface area (Å²) in [4.78, 5) is 13.4. The lowest BCUT2D eigenvalue weighted by Crippen LogP contribution is -2.46. The molecular formula is C20H23F2N3O4S. The van der Waals surface area contributed by atoms with Crippen molar-refractivity contribution in [1.29, 1.82) is 0 Å². The third-order valence-corrected chi connectivity index (χ3v) is 6.08. The quantitative estimate of drug-likeness (QED) is 0.672. The number of hydrogen-bond acceptors (Lipinski definition) is 8. The van der Waals surface area contributed by atoms with E-state index in [4.69, 9.17) is 14.2 Å². The molecule has 0 spiro atoms. The number of ether oxygens (including phenoxy) is 3. The van der Waals surface area contributed by atoms with Crippen molar-refractivity contribution in [1.82, 2.24) is 10.2 Å². The van der Waals surface area contributed by atoms with Crippen molar-refractivity contribution in [2.75, 3.05) is 24.6 Å². The number of nitrogens with zero attached hydrogens (tertiary/aromatic N) is 3. The lowest BCUT2D eigenvalue weighted by molar-refractivity contribution is -0.139. The topological polar surface area (TPSA) is 73.8 Å². The van der Waals surface area contributed by atoms with Gasteiger partial charge in [0.2, 0.25) is 0 Å². The van der Waals surface area contributed by atoms with E-state index < -0.39 is 23.5 Å². The number of carbonyl (C=O) groups is 1. The third-order valence-electron chi connectivity index (χ3n) is 5.03. The van der Waals surface area contributed by atoms with Gasteiger partial charge in [0, 0.05) is 18.7 Å². The summed E-state index contributed by atoms with van der Waals surface area (Å²) in [6, 6.07) is 1.33. The number of anilines is 1. The highest BCUT2D eigenvalue weighted by atomic mass is 32.1. The minimum absolute atomic E-state index is 0.0488. The van der Waals surface area contributed by atoms with Crippen LogP contribution in [0.25, 0.3) is 10.6 Å². The second-order valence-corrected chi connectivity index (χ2v) is 9.04. The Morgan fingerprint density at radius 1 is 1.20 bits per heavy atom. The normalized spacial score (nSPS) is 26.2. The van der Waals surface area contributed by atoms with Gasteiger partial charge in [-0.1, -0.05) is 11.3 Å². The molecule has 2 aromatic rings. The Morgan fingerprint density at radius 3 is 2.50 bits per heavy atom. The van der Waals surface area contributed by atoms with Crippen LogP contribution in [-0.4, -0.2) is 54.2 Å². The number of rotatable bonds is 4. The fraction of sp³-hybridized carbons (Fsp3) is 0.550. The number of morpholine rings is 1. The zero-order valence-corrected chi connectivity index (χ0v) is 18.0. The first kappa shape index (κ1) is 21.2. The molecule has 3 heterocycles. The highest BCUT2D eigenvalue weighted by Gasteiger charge is 2.36. The summed E-state index contributed by atoms with van der Waals surface area (Å²) in [5, 5.41) is 8.73. The highest BCUT2D eigenvalue weighted by molar-refractivity contribution is 7.14. The lowest BCUT2D eigenvalue weighted by Gasteiger charge is -2.37. The second kappa shape index (κ2) is 7.92. The maximum Gasteiger partial charge on any atom is 0.183 e. The van der Waals surface area contributed by atoms with Crippen molar-refractivity contribution in [2.24, 2.45) is 0 Å². The largest absolute Gasteiger partial charge is 0.372 e. The standard InChI is InChI=1S/C20H23F2N3O4S/c1-10-6-25(7-11(2)28-10)17-12(8-26)5-13(15(21)16(17)22)18-23-24-19(30-18)14-9-27-20(3,4)29-14/h5,8,10-11,14H,6-7,9H2,1-4H3/t10?,11?,14-/m0/s1. The molecule has 1 aromatic carbocycles. The van der Waals surface area contributed by atoms with E-state index in [1.54, 1.807) is 18.7 Å². The first-order valence-corrected chi connectivity index (χ1v) is 10.5. The Bertz CT molecular complexity index is 958. The summed E-state index contributed by atoms with van der Waals surface area (Å²) in [5.41, 5.74) is -0.0922. The van der Waals surface area contributed by atoms with E-state index in [9.17, 15) is 4.79 Å². The van der Waals surface area contributed by atoms with E-state index >= 15 is 8.78 Å². The molecule has 2 saturated heterocycles. The lowest BCUT2D eigenvalue weighted by atomic mass is 10.1. The Balaban J connectivity index is 1.69. The molecule has 0 bridgehead atoms. The number of benzene rings is 1. The number of halogens is 2. The summed E-state index contributed by atoms with van der Waals surface area (Å²) in [7, 11) is 0. The van der Waals surface area contributed by atoms with Crippen LogP contribution in [-0.2, 0) is 14.2 Å². The van der Waals surface area contributed by atoms with E-state index in [1.807, 2.05) is 13.8 Å². The zero-order valence-electron chi connectivity index (χ0n) is 17.1. The van der Waals surface area contributed by atoms with Gasteiger partial charge in [-0.3, -0.25) is 4.79 Å². The maximum atomic E-state index is 15.1. The van der Waals surface area contributed by atoms with Gasteiger partial charge in [0.1, 0.15) is 11.1 Å². The van der Waals surface area contributed by atoms with Crippen LogP contribution in [0.3, 0.4) is 0 Å². The molecule has 2 unspecified atom stereocenters. The third kappa shape index (κ3) is 3.96. The van der Waals surface area contributed by atoms with Crippen LogP contribution in [0.15, 0.2) is 6.07 Å². The summed E-state index contributed by atoms with van der Waals surface area (Å²) >= 11 is 1.08. The van der Waals surface area contributed by atoms with E-state index in [2.05, 4.69) is 10.2 Å². The predicted octanol–water partition coefficient (Wildman–Crippen LogP) is 3.73.